The first-order valence-electron chi connectivity index (χ1n) is 3.44. The van der Waals surface area contributed by atoms with E-state index in [0.717, 1.165) is 0 Å². The fraction of sp³-hybridized carbons (Fsp3) is 0.833. The van der Waals surface area contributed by atoms with Gasteiger partial charge >= 0.3 is 5.97 Å². The lowest BCUT2D eigenvalue weighted by molar-refractivity contribution is -0.141. The predicted octanol–water partition coefficient (Wildman–Crippen LogP) is 0.161. The van der Waals surface area contributed by atoms with Crippen molar-refractivity contribution in [2.75, 3.05) is 12.4 Å². The number of esters is 1. The average Bonchev–Trinajstić information content (AvgIpc) is 2.31. The highest BCUT2D eigenvalue weighted by atomic mass is 32.2. The van der Waals surface area contributed by atoms with Crippen molar-refractivity contribution in [2.45, 2.75) is 12.8 Å². The molecular formula is C6H10O4S. The van der Waals surface area contributed by atoms with Gasteiger partial charge in [0.05, 0.1) is 18.3 Å². The summed E-state index contributed by atoms with van der Waals surface area (Å²) in [6.07, 6.45) is 1.15. The summed E-state index contributed by atoms with van der Waals surface area (Å²) in [5, 5.41) is 0. The summed E-state index contributed by atoms with van der Waals surface area (Å²) in [7, 11) is 0. The fourth-order valence-corrected chi connectivity index (χ4v) is 1.53. The lowest BCUT2D eigenvalue weighted by Crippen LogP contribution is -2.11. The molecule has 0 aliphatic carbocycles. The normalized spacial score (nSPS) is 26.6. The lowest BCUT2D eigenvalue weighted by atomic mass is 10.1. The van der Waals surface area contributed by atoms with Crippen LogP contribution in [0.1, 0.15) is 12.8 Å². The highest BCUT2D eigenvalue weighted by Crippen LogP contribution is 2.17. The predicted molar refractivity (Wildman–Crippen MR) is 39.3 cm³/mol. The van der Waals surface area contributed by atoms with Crippen molar-refractivity contribution in [1.29, 1.82) is 0 Å². The zero-order valence-electron chi connectivity index (χ0n) is 5.99. The molecule has 2 unspecified atom stereocenters. The highest BCUT2D eigenvalue weighted by Gasteiger charge is 2.26. The SMILES string of the molecule is O=C1OCCC1CCS(=O)O. The van der Waals surface area contributed by atoms with Crippen LogP contribution in [-0.4, -0.2) is 27.1 Å². The Balaban J connectivity index is 2.26. The van der Waals surface area contributed by atoms with Crippen LogP contribution in [0.3, 0.4) is 0 Å². The zero-order chi connectivity index (χ0) is 8.27. The summed E-state index contributed by atoms with van der Waals surface area (Å²) in [6, 6.07) is 0. The molecule has 1 saturated heterocycles. The Kier molecular flexibility index (Phi) is 3.02. The van der Waals surface area contributed by atoms with Crippen molar-refractivity contribution in [1.82, 2.24) is 0 Å². The summed E-state index contributed by atoms with van der Waals surface area (Å²) < 4.78 is 23.3. The molecule has 1 heterocycles. The summed E-state index contributed by atoms with van der Waals surface area (Å²) in [4.78, 5) is 10.8. The van der Waals surface area contributed by atoms with E-state index in [2.05, 4.69) is 4.74 Å². The molecule has 1 aliphatic heterocycles. The molecule has 1 aliphatic rings. The van der Waals surface area contributed by atoms with Crippen LogP contribution < -0.4 is 0 Å². The monoisotopic (exact) mass is 178 g/mol. The maximum Gasteiger partial charge on any atom is 0.309 e. The van der Waals surface area contributed by atoms with Gasteiger partial charge in [-0.2, -0.15) is 0 Å². The third kappa shape index (κ3) is 2.59. The Bertz CT molecular complexity index is 179. The number of carbonyl (C=O) groups is 1. The van der Waals surface area contributed by atoms with Crippen LogP contribution in [0.4, 0.5) is 0 Å². The van der Waals surface area contributed by atoms with Crippen molar-refractivity contribution in [3.05, 3.63) is 0 Å². The van der Waals surface area contributed by atoms with E-state index in [0.29, 0.717) is 19.4 Å². The number of rotatable bonds is 3. The third-order valence-corrected chi connectivity index (χ3v) is 2.27. The quantitative estimate of drug-likeness (QED) is 0.494. The number of cyclic esters (lactones) is 1. The van der Waals surface area contributed by atoms with Gasteiger partial charge in [-0.05, 0) is 12.8 Å². The second kappa shape index (κ2) is 3.82. The van der Waals surface area contributed by atoms with Gasteiger partial charge in [0.1, 0.15) is 0 Å². The standard InChI is InChI=1S/C6H10O4S/c7-6-5(1-3-10-6)2-4-11(8)9/h5H,1-4H2,(H,8,9). The van der Waals surface area contributed by atoms with Gasteiger partial charge in [0, 0.05) is 0 Å². The Hall–Kier alpha value is -0.420. The lowest BCUT2D eigenvalue weighted by Gasteiger charge is -2.00. The smallest absolute Gasteiger partial charge is 0.309 e. The van der Waals surface area contributed by atoms with Gasteiger partial charge in [-0.1, -0.05) is 0 Å². The van der Waals surface area contributed by atoms with Crippen molar-refractivity contribution in [3.63, 3.8) is 0 Å². The molecule has 1 fully saturated rings. The fourth-order valence-electron chi connectivity index (χ4n) is 1.04. The van der Waals surface area contributed by atoms with Crippen molar-refractivity contribution < 1.29 is 18.3 Å². The molecular weight excluding hydrogens is 168 g/mol. The van der Waals surface area contributed by atoms with Gasteiger partial charge < -0.3 is 9.29 Å². The summed E-state index contributed by atoms with van der Waals surface area (Å²) in [6.45, 7) is 0.460. The molecule has 0 bridgehead atoms. The van der Waals surface area contributed by atoms with Crippen LogP contribution in [0.5, 0.6) is 0 Å². The van der Waals surface area contributed by atoms with E-state index >= 15 is 0 Å². The molecule has 0 spiro atoms. The Morgan fingerprint density at radius 2 is 2.45 bits per heavy atom. The minimum atomic E-state index is -1.78. The van der Waals surface area contributed by atoms with E-state index in [-0.39, 0.29) is 17.6 Å². The molecule has 0 aromatic carbocycles. The van der Waals surface area contributed by atoms with Gasteiger partial charge in [-0.3, -0.25) is 4.79 Å². The van der Waals surface area contributed by atoms with Crippen molar-refractivity contribution >= 4 is 17.0 Å². The number of ether oxygens (including phenoxy) is 1. The van der Waals surface area contributed by atoms with Gasteiger partial charge in [0.15, 0.2) is 11.1 Å². The van der Waals surface area contributed by atoms with Crippen LogP contribution in [-0.2, 0) is 20.6 Å². The Morgan fingerprint density at radius 1 is 1.73 bits per heavy atom. The van der Waals surface area contributed by atoms with Crippen LogP contribution in [0.2, 0.25) is 0 Å². The summed E-state index contributed by atoms with van der Waals surface area (Å²) in [5.74, 6) is -0.207. The zero-order valence-corrected chi connectivity index (χ0v) is 6.80. The van der Waals surface area contributed by atoms with Crippen molar-refractivity contribution in [3.8, 4) is 0 Å². The minimum absolute atomic E-state index is 0.147. The summed E-state index contributed by atoms with van der Waals surface area (Å²) in [5.41, 5.74) is 0. The molecule has 0 aromatic heterocycles. The molecule has 0 amide bonds. The van der Waals surface area contributed by atoms with Gasteiger partial charge in [0.2, 0.25) is 0 Å². The highest BCUT2D eigenvalue weighted by molar-refractivity contribution is 7.79. The number of hydrogen-bond donors (Lipinski definition) is 1. The van der Waals surface area contributed by atoms with Crippen LogP contribution in [0, 0.1) is 5.92 Å². The van der Waals surface area contributed by atoms with Gasteiger partial charge in [0.25, 0.3) is 0 Å². The molecule has 0 radical (unpaired) electrons. The Labute approximate surface area is 67.2 Å². The molecule has 0 saturated carbocycles. The molecule has 5 heteroatoms. The number of hydrogen-bond acceptors (Lipinski definition) is 3. The van der Waals surface area contributed by atoms with E-state index < -0.39 is 11.1 Å². The molecule has 11 heavy (non-hydrogen) atoms. The maximum absolute atomic E-state index is 10.8. The van der Waals surface area contributed by atoms with E-state index in [1.807, 2.05) is 0 Å². The largest absolute Gasteiger partial charge is 0.465 e. The van der Waals surface area contributed by atoms with Crippen LogP contribution in [0.15, 0.2) is 0 Å². The third-order valence-electron chi connectivity index (χ3n) is 1.68. The van der Waals surface area contributed by atoms with E-state index in [1.165, 1.54) is 0 Å². The molecule has 4 nitrogen and oxygen atoms in total. The first-order valence-corrected chi connectivity index (χ1v) is 4.72. The Morgan fingerprint density at radius 3 is 2.91 bits per heavy atom. The first kappa shape index (κ1) is 8.67. The summed E-state index contributed by atoms with van der Waals surface area (Å²) >= 11 is -1.78. The molecule has 0 aromatic rings. The number of carbonyl (C=O) groups excluding carboxylic acids is 1. The van der Waals surface area contributed by atoms with E-state index in [1.54, 1.807) is 0 Å². The second-order valence-corrected chi connectivity index (χ2v) is 3.52. The van der Waals surface area contributed by atoms with Crippen molar-refractivity contribution in [2.24, 2.45) is 5.92 Å². The van der Waals surface area contributed by atoms with Gasteiger partial charge in [-0.25, -0.2) is 4.21 Å². The second-order valence-electron chi connectivity index (χ2n) is 2.47. The average molecular weight is 178 g/mol. The molecule has 1 rings (SSSR count). The molecule has 1 N–H and O–H groups in total. The molecule has 2 atom stereocenters. The minimum Gasteiger partial charge on any atom is -0.465 e. The van der Waals surface area contributed by atoms with E-state index in [9.17, 15) is 9.00 Å². The first-order chi connectivity index (χ1) is 5.20. The van der Waals surface area contributed by atoms with E-state index in [4.69, 9.17) is 4.55 Å². The molecule has 64 valence electrons. The van der Waals surface area contributed by atoms with Crippen LogP contribution in [0.25, 0.3) is 0 Å². The maximum atomic E-state index is 10.8. The van der Waals surface area contributed by atoms with Crippen LogP contribution >= 0.6 is 0 Å². The van der Waals surface area contributed by atoms with Gasteiger partial charge in [-0.15, -0.1) is 0 Å². The topological polar surface area (TPSA) is 63.6 Å².